The number of nitrogen functional groups attached to an aromatic ring is 1. The summed E-state index contributed by atoms with van der Waals surface area (Å²) in [5, 5.41) is 5.83. The average Bonchev–Trinajstić information content (AvgIpc) is 2.88. The van der Waals surface area contributed by atoms with E-state index in [1.54, 1.807) is 18.2 Å². The molecule has 0 aliphatic carbocycles. The van der Waals surface area contributed by atoms with Crippen LogP contribution in [0.3, 0.4) is 0 Å². The number of ether oxygens (including phenoxy) is 1. The van der Waals surface area contributed by atoms with E-state index < -0.39 is 10.0 Å². The van der Waals surface area contributed by atoms with Crippen molar-refractivity contribution in [2.75, 3.05) is 12.8 Å². The van der Waals surface area contributed by atoms with Crippen molar-refractivity contribution in [3.63, 3.8) is 0 Å². The number of anilines is 1. The predicted molar refractivity (Wildman–Crippen MR) is 87.4 cm³/mol. The quantitative estimate of drug-likeness (QED) is 0.713. The van der Waals surface area contributed by atoms with Crippen LogP contribution < -0.4 is 15.6 Å². The lowest BCUT2D eigenvalue weighted by atomic mass is 10.2. The SMILES string of the molecule is COc1ccc(S(N)(=O)=O)cc1-c1nc2cc(N)ccc2s1. The number of fused-ring (bicyclic) bond motifs is 1. The van der Waals surface area contributed by atoms with Crippen LogP contribution in [0, 0.1) is 0 Å². The van der Waals surface area contributed by atoms with Gasteiger partial charge in [0.2, 0.25) is 10.0 Å². The molecule has 8 heteroatoms. The summed E-state index contributed by atoms with van der Waals surface area (Å²) in [4.78, 5) is 4.51. The van der Waals surface area contributed by atoms with Crippen LogP contribution in [-0.2, 0) is 10.0 Å². The maximum absolute atomic E-state index is 11.5. The molecule has 0 bridgehead atoms. The highest BCUT2D eigenvalue weighted by atomic mass is 32.2. The second kappa shape index (κ2) is 5.24. The summed E-state index contributed by atoms with van der Waals surface area (Å²) >= 11 is 1.43. The van der Waals surface area contributed by atoms with E-state index in [0.29, 0.717) is 22.0 Å². The number of rotatable bonds is 3. The Morgan fingerprint density at radius 2 is 1.95 bits per heavy atom. The first kappa shape index (κ1) is 14.8. The molecule has 0 radical (unpaired) electrons. The van der Waals surface area contributed by atoms with Crippen LogP contribution in [0.15, 0.2) is 41.3 Å². The molecule has 1 heterocycles. The Morgan fingerprint density at radius 1 is 1.18 bits per heavy atom. The van der Waals surface area contributed by atoms with E-state index >= 15 is 0 Å². The number of primary sulfonamides is 1. The minimum absolute atomic E-state index is 0.0158. The van der Waals surface area contributed by atoms with E-state index in [-0.39, 0.29) is 4.90 Å². The number of hydrogen-bond acceptors (Lipinski definition) is 6. The van der Waals surface area contributed by atoms with Crippen molar-refractivity contribution in [3.8, 4) is 16.3 Å². The van der Waals surface area contributed by atoms with Gasteiger partial charge < -0.3 is 10.5 Å². The molecule has 0 amide bonds. The number of thiazole rings is 1. The third-order valence-electron chi connectivity index (χ3n) is 3.14. The van der Waals surface area contributed by atoms with Crippen LogP contribution in [0.2, 0.25) is 0 Å². The molecular weight excluding hydrogens is 322 g/mol. The Kier molecular flexibility index (Phi) is 3.51. The van der Waals surface area contributed by atoms with Crippen molar-refractivity contribution in [3.05, 3.63) is 36.4 Å². The summed E-state index contributed by atoms with van der Waals surface area (Å²) < 4.78 is 29.3. The maximum Gasteiger partial charge on any atom is 0.238 e. The predicted octanol–water partition coefficient (Wildman–Crippen LogP) is 2.20. The first-order valence-electron chi connectivity index (χ1n) is 6.26. The minimum Gasteiger partial charge on any atom is -0.496 e. The van der Waals surface area contributed by atoms with E-state index in [2.05, 4.69) is 4.98 Å². The number of nitrogens with two attached hydrogens (primary N) is 2. The fourth-order valence-electron chi connectivity index (χ4n) is 2.09. The molecule has 3 aromatic rings. The third-order valence-corrected chi connectivity index (χ3v) is 5.12. The number of benzene rings is 2. The van der Waals surface area contributed by atoms with Crippen LogP contribution in [0.1, 0.15) is 0 Å². The zero-order valence-corrected chi connectivity index (χ0v) is 13.2. The number of sulfonamides is 1. The highest BCUT2D eigenvalue weighted by Gasteiger charge is 2.16. The standard InChI is InChI=1S/C14H13N3O3S2/c1-20-12-4-3-9(22(16,18)19)7-10(12)14-17-11-6-8(15)2-5-13(11)21-14/h2-7H,15H2,1H3,(H2,16,18,19). The fourth-order valence-corrected chi connectivity index (χ4v) is 3.60. The highest BCUT2D eigenvalue weighted by molar-refractivity contribution is 7.89. The molecule has 0 atom stereocenters. The molecule has 0 unspecified atom stereocenters. The molecule has 22 heavy (non-hydrogen) atoms. The molecule has 0 aliphatic rings. The highest BCUT2D eigenvalue weighted by Crippen LogP contribution is 2.37. The largest absolute Gasteiger partial charge is 0.496 e. The van der Waals surface area contributed by atoms with E-state index in [1.807, 2.05) is 6.07 Å². The Morgan fingerprint density at radius 3 is 2.64 bits per heavy atom. The first-order chi connectivity index (χ1) is 10.4. The van der Waals surface area contributed by atoms with E-state index in [0.717, 1.165) is 10.2 Å². The lowest BCUT2D eigenvalue weighted by molar-refractivity contribution is 0.416. The van der Waals surface area contributed by atoms with Gasteiger partial charge in [-0.3, -0.25) is 0 Å². The van der Waals surface area contributed by atoms with Crippen molar-refractivity contribution in [1.82, 2.24) is 4.98 Å². The molecule has 0 saturated carbocycles. The van der Waals surface area contributed by atoms with E-state index in [4.69, 9.17) is 15.6 Å². The third kappa shape index (κ3) is 2.63. The van der Waals surface area contributed by atoms with Gasteiger partial charge in [-0.15, -0.1) is 11.3 Å². The van der Waals surface area contributed by atoms with Crippen molar-refractivity contribution in [1.29, 1.82) is 0 Å². The Balaban J connectivity index is 2.23. The van der Waals surface area contributed by atoms with E-state index in [9.17, 15) is 8.42 Å². The topological polar surface area (TPSA) is 108 Å². The summed E-state index contributed by atoms with van der Waals surface area (Å²) in [5.74, 6) is 0.527. The molecule has 4 N–H and O–H groups in total. The van der Waals surface area contributed by atoms with Gasteiger partial charge in [-0.2, -0.15) is 0 Å². The molecule has 3 rings (SSSR count). The number of hydrogen-bond donors (Lipinski definition) is 2. The summed E-state index contributed by atoms with van der Waals surface area (Å²) in [5.41, 5.74) is 7.70. The molecule has 0 aliphatic heterocycles. The summed E-state index contributed by atoms with van der Waals surface area (Å²) in [6, 6.07) is 9.88. The van der Waals surface area contributed by atoms with Crippen LogP contribution >= 0.6 is 11.3 Å². The van der Waals surface area contributed by atoms with Gasteiger partial charge in [0.1, 0.15) is 10.8 Å². The van der Waals surface area contributed by atoms with Gasteiger partial charge in [-0.25, -0.2) is 18.5 Å². The van der Waals surface area contributed by atoms with E-state index in [1.165, 1.54) is 30.6 Å². The van der Waals surface area contributed by atoms with Crippen LogP contribution in [-0.4, -0.2) is 20.5 Å². The molecule has 114 valence electrons. The normalized spacial score (nSPS) is 11.7. The molecular formula is C14H13N3O3S2. The van der Waals surface area contributed by atoms with Gasteiger partial charge >= 0.3 is 0 Å². The van der Waals surface area contributed by atoms with Gasteiger partial charge in [0.25, 0.3) is 0 Å². The molecule has 6 nitrogen and oxygen atoms in total. The van der Waals surface area contributed by atoms with Gasteiger partial charge in [-0.05, 0) is 36.4 Å². The van der Waals surface area contributed by atoms with Gasteiger partial charge in [0.05, 0.1) is 27.8 Å². The van der Waals surface area contributed by atoms with Gasteiger partial charge in [0.15, 0.2) is 0 Å². The second-order valence-electron chi connectivity index (χ2n) is 4.65. The molecule has 2 aromatic carbocycles. The summed E-state index contributed by atoms with van der Waals surface area (Å²) in [6.07, 6.45) is 0. The summed E-state index contributed by atoms with van der Waals surface area (Å²) in [6.45, 7) is 0. The molecule has 0 fully saturated rings. The van der Waals surface area contributed by atoms with Crippen molar-refractivity contribution in [2.24, 2.45) is 5.14 Å². The van der Waals surface area contributed by atoms with Crippen molar-refractivity contribution in [2.45, 2.75) is 4.90 Å². The van der Waals surface area contributed by atoms with Crippen LogP contribution in [0.25, 0.3) is 20.8 Å². The van der Waals surface area contributed by atoms with Crippen LogP contribution in [0.4, 0.5) is 5.69 Å². The van der Waals surface area contributed by atoms with Gasteiger partial charge in [-0.1, -0.05) is 0 Å². The molecule has 0 saturated heterocycles. The zero-order valence-electron chi connectivity index (χ0n) is 11.6. The Labute approximate surface area is 131 Å². The zero-order chi connectivity index (χ0) is 15.9. The number of aromatic nitrogens is 1. The fraction of sp³-hybridized carbons (Fsp3) is 0.0714. The first-order valence-corrected chi connectivity index (χ1v) is 8.62. The average molecular weight is 335 g/mol. The lowest BCUT2D eigenvalue weighted by Crippen LogP contribution is -2.12. The molecule has 0 spiro atoms. The Bertz CT molecular complexity index is 965. The number of methoxy groups -OCH3 is 1. The summed E-state index contributed by atoms with van der Waals surface area (Å²) in [7, 11) is -2.28. The van der Waals surface area contributed by atoms with Crippen molar-refractivity contribution >= 4 is 37.3 Å². The Hall–Kier alpha value is -2.16. The van der Waals surface area contributed by atoms with Crippen molar-refractivity contribution < 1.29 is 13.2 Å². The van der Waals surface area contributed by atoms with Gasteiger partial charge in [0, 0.05) is 5.69 Å². The van der Waals surface area contributed by atoms with Crippen LogP contribution in [0.5, 0.6) is 5.75 Å². The maximum atomic E-state index is 11.5. The minimum atomic E-state index is -3.79. The monoisotopic (exact) mass is 335 g/mol. The smallest absolute Gasteiger partial charge is 0.238 e. The number of nitrogens with zero attached hydrogens (tertiary/aromatic N) is 1. The second-order valence-corrected chi connectivity index (χ2v) is 7.25. The lowest BCUT2D eigenvalue weighted by Gasteiger charge is -2.07. The molecule has 1 aromatic heterocycles.